The Hall–Kier alpha value is -3.03. The third kappa shape index (κ3) is 3.75. The molecule has 1 aromatic carbocycles. The predicted molar refractivity (Wildman–Crippen MR) is 125 cm³/mol. The van der Waals surface area contributed by atoms with Crippen LogP contribution in [0, 0.1) is 12.8 Å². The van der Waals surface area contributed by atoms with Crippen molar-refractivity contribution in [3.8, 4) is 11.5 Å². The molecule has 1 saturated heterocycles. The topological polar surface area (TPSA) is 92.8 Å². The lowest BCUT2D eigenvalue weighted by Crippen LogP contribution is -2.36. The van der Waals surface area contributed by atoms with Crippen LogP contribution in [0.25, 0.3) is 22.2 Å². The number of carbonyl (C=O) groups excluding carboxylic acids is 2. The molecule has 3 heterocycles. The zero-order chi connectivity index (χ0) is 23.1. The van der Waals surface area contributed by atoms with Gasteiger partial charge in [0.15, 0.2) is 5.76 Å². The van der Waals surface area contributed by atoms with Gasteiger partial charge in [-0.3, -0.25) is 14.4 Å². The van der Waals surface area contributed by atoms with Crippen LogP contribution in [0.2, 0.25) is 0 Å². The maximum absolute atomic E-state index is 13.5. The summed E-state index contributed by atoms with van der Waals surface area (Å²) in [5.41, 5.74) is 0.752. The molecule has 0 amide bonds. The molecular weight excluding hydrogens is 420 g/mol. The van der Waals surface area contributed by atoms with Gasteiger partial charge in [0.2, 0.25) is 11.6 Å². The van der Waals surface area contributed by atoms with E-state index in [0.717, 1.165) is 45.3 Å². The van der Waals surface area contributed by atoms with E-state index < -0.39 is 11.6 Å². The highest BCUT2D eigenvalue weighted by Crippen LogP contribution is 2.38. The minimum atomic E-state index is -0.589. The SMILES string of the molecule is Cc1cc2c(o1)-c1c(c3ccccc3c(=O)n1CCCN1CCC(CCO)CC1)C(=O)C2=O. The lowest BCUT2D eigenvalue weighted by Gasteiger charge is -2.31. The molecule has 1 fully saturated rings. The Bertz CT molecular complexity index is 1290. The number of carbonyl (C=O) groups is 2. The van der Waals surface area contributed by atoms with Gasteiger partial charge in [0.25, 0.3) is 5.56 Å². The smallest absolute Gasteiger partial charge is 0.259 e. The van der Waals surface area contributed by atoms with Crippen molar-refractivity contribution in [2.45, 2.75) is 39.2 Å². The number of piperidine rings is 1. The van der Waals surface area contributed by atoms with Crippen molar-refractivity contribution in [3.63, 3.8) is 0 Å². The summed E-state index contributed by atoms with van der Waals surface area (Å²) in [6, 6.07) is 8.56. The molecule has 2 aliphatic rings. The molecule has 0 radical (unpaired) electrons. The summed E-state index contributed by atoms with van der Waals surface area (Å²) in [6.45, 7) is 5.24. The largest absolute Gasteiger partial charge is 0.459 e. The summed E-state index contributed by atoms with van der Waals surface area (Å²) in [5.74, 6) is 0.266. The van der Waals surface area contributed by atoms with Gasteiger partial charge in [-0.25, -0.2) is 0 Å². The fraction of sp³-hybridized carbons (Fsp3) is 0.423. The monoisotopic (exact) mass is 448 g/mol. The van der Waals surface area contributed by atoms with E-state index in [1.165, 1.54) is 0 Å². The van der Waals surface area contributed by atoms with Crippen LogP contribution in [0.5, 0.6) is 0 Å². The van der Waals surface area contributed by atoms with Crippen LogP contribution in [0.15, 0.2) is 39.5 Å². The molecule has 7 heteroatoms. The van der Waals surface area contributed by atoms with E-state index in [0.29, 0.717) is 40.4 Å². The Labute approximate surface area is 191 Å². The van der Waals surface area contributed by atoms with Crippen LogP contribution >= 0.6 is 0 Å². The van der Waals surface area contributed by atoms with E-state index in [4.69, 9.17) is 9.52 Å². The van der Waals surface area contributed by atoms with Crippen LogP contribution < -0.4 is 5.56 Å². The Morgan fingerprint density at radius 1 is 1.03 bits per heavy atom. The molecule has 0 unspecified atom stereocenters. The molecule has 5 rings (SSSR count). The number of aryl methyl sites for hydroxylation is 1. The summed E-state index contributed by atoms with van der Waals surface area (Å²) < 4.78 is 7.49. The Morgan fingerprint density at radius 3 is 2.48 bits per heavy atom. The zero-order valence-corrected chi connectivity index (χ0v) is 18.8. The molecule has 2 aromatic heterocycles. The van der Waals surface area contributed by atoms with Crippen LogP contribution in [0.1, 0.15) is 52.2 Å². The lowest BCUT2D eigenvalue weighted by atomic mass is 9.88. The maximum Gasteiger partial charge on any atom is 0.259 e. The van der Waals surface area contributed by atoms with Crippen molar-refractivity contribution < 1.29 is 19.1 Å². The van der Waals surface area contributed by atoms with E-state index in [9.17, 15) is 14.4 Å². The summed E-state index contributed by atoms with van der Waals surface area (Å²) in [6.07, 6.45) is 3.77. The van der Waals surface area contributed by atoms with Gasteiger partial charge < -0.3 is 19.0 Å². The number of aliphatic hydroxyl groups is 1. The van der Waals surface area contributed by atoms with Gasteiger partial charge in [-0.15, -0.1) is 0 Å². The number of aromatic nitrogens is 1. The number of furan rings is 1. The Balaban J connectivity index is 1.50. The molecule has 1 aliphatic heterocycles. The maximum atomic E-state index is 13.5. The van der Waals surface area contributed by atoms with E-state index in [1.54, 1.807) is 41.8 Å². The molecule has 33 heavy (non-hydrogen) atoms. The van der Waals surface area contributed by atoms with Crippen LogP contribution in [-0.4, -0.2) is 52.4 Å². The summed E-state index contributed by atoms with van der Waals surface area (Å²) >= 11 is 0. The molecule has 0 atom stereocenters. The van der Waals surface area contributed by atoms with Gasteiger partial charge in [-0.2, -0.15) is 0 Å². The highest BCUT2D eigenvalue weighted by Gasteiger charge is 2.37. The summed E-state index contributed by atoms with van der Waals surface area (Å²) in [4.78, 5) is 41.8. The van der Waals surface area contributed by atoms with Gasteiger partial charge in [-0.1, -0.05) is 18.2 Å². The number of hydrogen-bond acceptors (Lipinski definition) is 6. The van der Waals surface area contributed by atoms with Gasteiger partial charge in [0.1, 0.15) is 5.76 Å². The number of ketones is 2. The van der Waals surface area contributed by atoms with Gasteiger partial charge in [-0.05, 0) is 70.3 Å². The lowest BCUT2D eigenvalue weighted by molar-refractivity contribution is 0.0815. The van der Waals surface area contributed by atoms with Gasteiger partial charge in [0, 0.05) is 23.9 Å². The second-order valence-electron chi connectivity index (χ2n) is 9.13. The number of benzene rings is 1. The average Bonchev–Trinajstić information content (AvgIpc) is 3.22. The molecule has 1 N–H and O–H groups in total. The van der Waals surface area contributed by atoms with Crippen molar-refractivity contribution in [1.29, 1.82) is 0 Å². The first-order valence-electron chi connectivity index (χ1n) is 11.7. The quantitative estimate of drug-likeness (QED) is 0.581. The third-order valence-corrected chi connectivity index (χ3v) is 7.03. The number of fused-ring (bicyclic) bond motifs is 5. The normalized spacial score (nSPS) is 16.9. The number of nitrogens with zero attached hydrogens (tertiary/aromatic N) is 2. The summed E-state index contributed by atoms with van der Waals surface area (Å²) in [5, 5.41) is 10.1. The van der Waals surface area contributed by atoms with E-state index >= 15 is 0 Å². The molecule has 0 bridgehead atoms. The molecule has 172 valence electrons. The van der Waals surface area contributed by atoms with Crippen LogP contribution in [0.4, 0.5) is 0 Å². The highest BCUT2D eigenvalue weighted by atomic mass is 16.3. The molecular formula is C26H28N2O5. The first-order valence-corrected chi connectivity index (χ1v) is 11.7. The molecule has 7 nitrogen and oxygen atoms in total. The Kier molecular flexibility index (Phi) is 5.76. The van der Waals surface area contributed by atoms with Crippen molar-refractivity contribution in [1.82, 2.24) is 9.47 Å². The second-order valence-corrected chi connectivity index (χ2v) is 9.13. The molecule has 1 aliphatic carbocycles. The number of pyridine rings is 1. The standard InChI is InChI=1S/C26H28N2O5/c1-16-15-20-23(30)24(31)21-18-5-2-3-6-19(18)26(32)28(22(21)25(20)33-16)11-4-10-27-12-7-17(8-13-27)9-14-29/h2-3,5-6,15,17,29H,4,7-14H2,1H3. The molecule has 3 aromatic rings. The minimum Gasteiger partial charge on any atom is -0.459 e. The fourth-order valence-electron chi connectivity index (χ4n) is 5.30. The number of rotatable bonds is 6. The minimum absolute atomic E-state index is 0.173. The van der Waals surface area contributed by atoms with Crippen LogP contribution in [0.3, 0.4) is 0 Å². The average molecular weight is 449 g/mol. The highest BCUT2D eigenvalue weighted by molar-refractivity contribution is 6.54. The van der Waals surface area contributed by atoms with E-state index in [-0.39, 0.29) is 23.3 Å². The second kappa shape index (κ2) is 8.72. The fourth-order valence-corrected chi connectivity index (χ4v) is 5.30. The molecule has 0 spiro atoms. The van der Waals surface area contributed by atoms with Crippen LogP contribution in [-0.2, 0) is 6.54 Å². The Morgan fingerprint density at radius 2 is 1.76 bits per heavy atom. The molecule has 0 saturated carbocycles. The van der Waals surface area contributed by atoms with E-state index in [2.05, 4.69) is 4.90 Å². The zero-order valence-electron chi connectivity index (χ0n) is 18.8. The third-order valence-electron chi connectivity index (χ3n) is 7.03. The van der Waals surface area contributed by atoms with E-state index in [1.807, 2.05) is 0 Å². The van der Waals surface area contributed by atoms with Gasteiger partial charge in [0.05, 0.1) is 16.8 Å². The van der Waals surface area contributed by atoms with Crippen molar-refractivity contribution in [2.75, 3.05) is 26.2 Å². The number of aliphatic hydroxyl groups excluding tert-OH is 1. The first kappa shape index (κ1) is 21.8. The van der Waals surface area contributed by atoms with Crippen molar-refractivity contribution in [2.24, 2.45) is 5.92 Å². The number of hydrogen-bond donors (Lipinski definition) is 1. The van der Waals surface area contributed by atoms with Gasteiger partial charge >= 0.3 is 0 Å². The first-order chi connectivity index (χ1) is 16.0. The van der Waals surface area contributed by atoms with Crippen molar-refractivity contribution >= 4 is 22.3 Å². The number of likely N-dealkylation sites (tertiary alicyclic amines) is 1. The predicted octanol–water partition coefficient (Wildman–Crippen LogP) is 3.43. The summed E-state index contributed by atoms with van der Waals surface area (Å²) in [7, 11) is 0. The number of Topliss-reactive ketones (excluding diaryl/α,β-unsaturated/α-hetero) is 2. The van der Waals surface area contributed by atoms with Crippen molar-refractivity contribution in [3.05, 3.63) is 57.6 Å².